The molecule has 0 aliphatic carbocycles. The van der Waals surface area contributed by atoms with Crippen LogP contribution in [0.15, 0.2) is 63.5 Å². The predicted octanol–water partition coefficient (Wildman–Crippen LogP) is 2.31. The van der Waals surface area contributed by atoms with Crippen LogP contribution in [-0.2, 0) is 14.3 Å². The Bertz CT molecular complexity index is 1580. The molecule has 2 aliphatic rings. The third kappa shape index (κ3) is 4.09. The molecule has 9 nitrogen and oxygen atoms in total. The summed E-state index contributed by atoms with van der Waals surface area (Å²) in [5.41, 5.74) is 2.28. The lowest BCUT2D eigenvalue weighted by Crippen LogP contribution is -2.39. The minimum atomic E-state index is -0.751. The second-order valence-electron chi connectivity index (χ2n) is 8.03. The Kier molecular flexibility index (Phi) is 6.19. The summed E-state index contributed by atoms with van der Waals surface area (Å²) in [6.07, 6.45) is 1.73. The van der Waals surface area contributed by atoms with Gasteiger partial charge in [0.15, 0.2) is 16.3 Å². The van der Waals surface area contributed by atoms with E-state index in [9.17, 15) is 14.4 Å². The van der Waals surface area contributed by atoms with E-state index in [2.05, 4.69) is 4.99 Å². The molecule has 1 atom stereocenters. The Hall–Kier alpha value is -4.18. The van der Waals surface area contributed by atoms with E-state index < -0.39 is 18.0 Å². The van der Waals surface area contributed by atoms with Crippen molar-refractivity contribution in [2.75, 3.05) is 20.5 Å². The van der Waals surface area contributed by atoms with Gasteiger partial charge in [0.25, 0.3) is 5.56 Å². The third-order valence-corrected chi connectivity index (χ3v) is 6.84. The van der Waals surface area contributed by atoms with Crippen molar-refractivity contribution in [3.05, 3.63) is 90.1 Å². The minimum absolute atomic E-state index is 0.107. The first-order chi connectivity index (χ1) is 17.4. The van der Waals surface area contributed by atoms with Crippen molar-refractivity contribution < 1.29 is 28.5 Å². The van der Waals surface area contributed by atoms with Gasteiger partial charge in [0.2, 0.25) is 6.79 Å². The van der Waals surface area contributed by atoms with Crippen molar-refractivity contribution in [1.29, 1.82) is 0 Å². The molecule has 0 saturated carbocycles. The Balaban J connectivity index is 1.66. The van der Waals surface area contributed by atoms with E-state index in [-0.39, 0.29) is 24.5 Å². The summed E-state index contributed by atoms with van der Waals surface area (Å²) in [6, 6.07) is 11.3. The number of rotatable bonds is 5. The summed E-state index contributed by atoms with van der Waals surface area (Å²) in [5, 5.41) is 0. The summed E-state index contributed by atoms with van der Waals surface area (Å²) in [5.74, 6) is 0.166. The number of allylic oxidation sites excluding steroid dienone is 1. The van der Waals surface area contributed by atoms with Crippen molar-refractivity contribution in [3.63, 3.8) is 0 Å². The first kappa shape index (κ1) is 23.6. The fourth-order valence-corrected chi connectivity index (χ4v) is 5.22. The number of methoxy groups -OCH3 is 1. The van der Waals surface area contributed by atoms with Crippen molar-refractivity contribution in [1.82, 2.24) is 4.57 Å². The molecule has 2 aromatic carbocycles. The zero-order chi connectivity index (χ0) is 25.4. The predicted molar refractivity (Wildman–Crippen MR) is 131 cm³/mol. The number of thiazole rings is 1. The van der Waals surface area contributed by atoms with Crippen molar-refractivity contribution >= 4 is 29.4 Å². The van der Waals surface area contributed by atoms with Crippen LogP contribution < -0.4 is 24.4 Å². The number of fused-ring (bicyclic) bond motifs is 2. The van der Waals surface area contributed by atoms with Crippen LogP contribution in [0.4, 0.5) is 0 Å². The van der Waals surface area contributed by atoms with E-state index in [4.69, 9.17) is 18.9 Å². The van der Waals surface area contributed by atoms with Gasteiger partial charge in [0, 0.05) is 0 Å². The molecule has 0 N–H and O–H groups in total. The van der Waals surface area contributed by atoms with Gasteiger partial charge in [-0.25, -0.2) is 14.6 Å². The molecular weight excluding hydrogens is 484 g/mol. The van der Waals surface area contributed by atoms with Crippen LogP contribution in [0.2, 0.25) is 0 Å². The summed E-state index contributed by atoms with van der Waals surface area (Å²) in [7, 11) is 1.32. The van der Waals surface area contributed by atoms with E-state index >= 15 is 0 Å². The van der Waals surface area contributed by atoms with Gasteiger partial charge >= 0.3 is 11.9 Å². The molecule has 10 heteroatoms. The van der Waals surface area contributed by atoms with Gasteiger partial charge in [0.05, 0.1) is 41.1 Å². The van der Waals surface area contributed by atoms with Gasteiger partial charge in [-0.2, -0.15) is 0 Å². The Morgan fingerprint density at radius 3 is 2.61 bits per heavy atom. The second kappa shape index (κ2) is 9.46. The number of carbonyl (C=O) groups excluding carboxylic acids is 2. The highest BCUT2D eigenvalue weighted by molar-refractivity contribution is 7.07. The molecule has 0 radical (unpaired) electrons. The van der Waals surface area contributed by atoms with Crippen molar-refractivity contribution in [3.8, 4) is 11.5 Å². The number of ether oxygens (including phenoxy) is 4. The lowest BCUT2D eigenvalue weighted by Gasteiger charge is -2.24. The molecular formula is C26H22N2O7S. The molecule has 5 rings (SSSR count). The highest BCUT2D eigenvalue weighted by Crippen LogP contribution is 2.38. The minimum Gasteiger partial charge on any atom is -0.465 e. The smallest absolute Gasteiger partial charge is 0.338 e. The monoisotopic (exact) mass is 506 g/mol. The number of aromatic nitrogens is 1. The summed E-state index contributed by atoms with van der Waals surface area (Å²) in [4.78, 5) is 43.4. The van der Waals surface area contributed by atoms with Crippen LogP contribution in [0.25, 0.3) is 6.08 Å². The molecule has 36 heavy (non-hydrogen) atoms. The van der Waals surface area contributed by atoms with E-state index in [0.717, 1.165) is 5.56 Å². The van der Waals surface area contributed by atoms with Crippen LogP contribution in [0, 0.1) is 0 Å². The van der Waals surface area contributed by atoms with Crippen LogP contribution in [-0.4, -0.2) is 37.0 Å². The number of carbonyl (C=O) groups is 2. The average molecular weight is 507 g/mol. The maximum atomic E-state index is 13.7. The van der Waals surface area contributed by atoms with Gasteiger partial charge in [-0.3, -0.25) is 9.36 Å². The largest absolute Gasteiger partial charge is 0.465 e. The summed E-state index contributed by atoms with van der Waals surface area (Å²) in [6.45, 7) is 3.75. The molecule has 0 bridgehead atoms. The molecule has 2 aliphatic heterocycles. The fraction of sp³-hybridized carbons (Fsp3) is 0.231. The highest BCUT2D eigenvalue weighted by Gasteiger charge is 2.34. The average Bonchev–Trinajstić information content (AvgIpc) is 3.47. The maximum Gasteiger partial charge on any atom is 0.338 e. The van der Waals surface area contributed by atoms with Gasteiger partial charge in [-0.1, -0.05) is 29.5 Å². The number of hydrogen-bond acceptors (Lipinski definition) is 9. The molecule has 3 heterocycles. The molecule has 3 aromatic rings. The number of nitrogens with zero attached hydrogens (tertiary/aromatic N) is 2. The van der Waals surface area contributed by atoms with E-state index in [1.807, 2.05) is 0 Å². The summed E-state index contributed by atoms with van der Waals surface area (Å²) < 4.78 is 23.0. The lowest BCUT2D eigenvalue weighted by molar-refractivity contribution is -0.139. The number of benzene rings is 2. The normalized spacial score (nSPS) is 16.4. The quantitative estimate of drug-likeness (QED) is 0.489. The zero-order valence-corrected chi connectivity index (χ0v) is 20.6. The zero-order valence-electron chi connectivity index (χ0n) is 19.8. The lowest BCUT2D eigenvalue weighted by atomic mass is 9.95. The van der Waals surface area contributed by atoms with Gasteiger partial charge in [-0.05, 0) is 55.3 Å². The standard InChI is InChI=1S/C26H22N2O7S/c1-4-33-25(31)21-14(2)27-26-28(22(21)17-9-10-18-19(12-17)35-13-34-18)23(29)20(36-26)11-15-5-7-16(8-6-15)24(30)32-3/h5-12,22H,4,13H2,1-3H3/b20-11+. The van der Waals surface area contributed by atoms with E-state index in [1.54, 1.807) is 62.4 Å². The maximum absolute atomic E-state index is 13.7. The van der Waals surface area contributed by atoms with Gasteiger partial charge < -0.3 is 18.9 Å². The third-order valence-electron chi connectivity index (χ3n) is 5.86. The molecule has 0 saturated heterocycles. The topological polar surface area (TPSA) is 105 Å². The Morgan fingerprint density at radius 1 is 1.14 bits per heavy atom. The van der Waals surface area contributed by atoms with Crippen LogP contribution >= 0.6 is 11.3 Å². The first-order valence-corrected chi connectivity index (χ1v) is 12.0. The molecule has 1 aromatic heterocycles. The van der Waals surface area contributed by atoms with Crippen LogP contribution in [0.5, 0.6) is 11.5 Å². The van der Waals surface area contributed by atoms with E-state index in [1.165, 1.54) is 23.0 Å². The fourth-order valence-electron chi connectivity index (χ4n) is 4.17. The second-order valence-corrected chi connectivity index (χ2v) is 9.04. The van der Waals surface area contributed by atoms with Crippen molar-refractivity contribution in [2.45, 2.75) is 19.9 Å². The molecule has 1 unspecified atom stereocenters. The number of hydrogen-bond donors (Lipinski definition) is 0. The van der Waals surface area contributed by atoms with E-state index in [0.29, 0.717) is 37.7 Å². The van der Waals surface area contributed by atoms with Crippen LogP contribution in [0.3, 0.4) is 0 Å². The van der Waals surface area contributed by atoms with Crippen molar-refractivity contribution in [2.24, 2.45) is 4.99 Å². The Labute approximate surface area is 209 Å². The van der Waals surface area contributed by atoms with Gasteiger partial charge in [-0.15, -0.1) is 0 Å². The number of esters is 2. The Morgan fingerprint density at radius 2 is 1.89 bits per heavy atom. The molecule has 0 fully saturated rings. The summed E-state index contributed by atoms with van der Waals surface area (Å²) >= 11 is 1.22. The SMILES string of the molecule is CCOC(=O)C1=C(C)N=c2s/c(=C/c3ccc(C(=O)OC)cc3)c(=O)n2C1c1ccc2c(c1)OCO2. The molecule has 0 spiro atoms. The molecule has 184 valence electrons. The van der Waals surface area contributed by atoms with Gasteiger partial charge in [0.1, 0.15) is 0 Å². The highest BCUT2D eigenvalue weighted by atomic mass is 32.1. The molecule has 0 amide bonds. The van der Waals surface area contributed by atoms with Crippen LogP contribution in [0.1, 0.15) is 41.4 Å². The first-order valence-electron chi connectivity index (χ1n) is 11.2.